The zero-order valence-corrected chi connectivity index (χ0v) is 16.2. The summed E-state index contributed by atoms with van der Waals surface area (Å²) in [6.45, 7) is 3.27. The van der Waals surface area contributed by atoms with Gasteiger partial charge in [0.25, 0.3) is 0 Å². The van der Waals surface area contributed by atoms with Gasteiger partial charge in [-0.2, -0.15) is 0 Å². The Bertz CT molecular complexity index is 698. The van der Waals surface area contributed by atoms with Crippen LogP contribution in [0.1, 0.15) is 44.1 Å². The fraction of sp³-hybridized carbons (Fsp3) is 0.550. The van der Waals surface area contributed by atoms with Gasteiger partial charge in [0.15, 0.2) is 0 Å². The molecule has 6 nitrogen and oxygen atoms in total. The maximum Gasteiger partial charge on any atom is 0.409 e. The van der Waals surface area contributed by atoms with Crippen LogP contribution >= 0.6 is 11.6 Å². The number of rotatable bonds is 4. The third kappa shape index (κ3) is 4.80. The number of carbonyl (C=O) groups excluding carboxylic acids is 3. The van der Waals surface area contributed by atoms with Crippen LogP contribution in [0.2, 0.25) is 5.02 Å². The molecule has 1 aromatic rings. The molecule has 3 rings (SSSR count). The lowest BCUT2D eigenvalue weighted by Crippen LogP contribution is -2.48. The second-order valence-corrected chi connectivity index (χ2v) is 7.62. The lowest BCUT2D eigenvalue weighted by molar-refractivity contribution is -0.127. The third-order valence-electron chi connectivity index (χ3n) is 5.38. The largest absolute Gasteiger partial charge is 0.450 e. The van der Waals surface area contributed by atoms with E-state index in [9.17, 15) is 14.4 Å². The fourth-order valence-electron chi connectivity index (χ4n) is 3.92. The van der Waals surface area contributed by atoms with E-state index < -0.39 is 0 Å². The number of hydrogen-bond donors (Lipinski definition) is 1. The highest BCUT2D eigenvalue weighted by molar-refractivity contribution is 6.30. The molecule has 2 amide bonds. The Balaban J connectivity index is 1.58. The number of halogens is 1. The number of piperidine rings is 1. The quantitative estimate of drug-likeness (QED) is 0.854. The minimum atomic E-state index is -0.346. The maximum absolute atomic E-state index is 12.8. The molecule has 1 saturated heterocycles. The highest BCUT2D eigenvalue weighted by atomic mass is 35.5. The van der Waals surface area contributed by atoms with Crippen LogP contribution in [0.15, 0.2) is 24.3 Å². The van der Waals surface area contributed by atoms with Crippen LogP contribution in [0.4, 0.5) is 4.79 Å². The Labute approximate surface area is 164 Å². The average molecular weight is 393 g/mol. The van der Waals surface area contributed by atoms with Crippen LogP contribution in [0.5, 0.6) is 0 Å². The minimum Gasteiger partial charge on any atom is -0.450 e. The molecule has 1 heterocycles. The Kier molecular flexibility index (Phi) is 6.37. The number of hydrogen-bond acceptors (Lipinski definition) is 4. The fourth-order valence-corrected chi connectivity index (χ4v) is 4.05. The molecule has 1 aliphatic carbocycles. The molecule has 27 heavy (non-hydrogen) atoms. The van der Waals surface area contributed by atoms with E-state index in [-0.39, 0.29) is 42.1 Å². The molecule has 2 aliphatic rings. The Hall–Kier alpha value is -2.08. The van der Waals surface area contributed by atoms with Gasteiger partial charge in [0.1, 0.15) is 5.78 Å². The van der Waals surface area contributed by atoms with Gasteiger partial charge >= 0.3 is 6.09 Å². The van der Waals surface area contributed by atoms with Crippen LogP contribution in [-0.2, 0) is 14.3 Å². The lowest BCUT2D eigenvalue weighted by Gasteiger charge is -2.32. The van der Waals surface area contributed by atoms with Crippen molar-refractivity contribution >= 4 is 29.4 Å². The van der Waals surface area contributed by atoms with Crippen LogP contribution in [0.3, 0.4) is 0 Å². The van der Waals surface area contributed by atoms with Gasteiger partial charge in [0, 0.05) is 42.9 Å². The highest BCUT2D eigenvalue weighted by Gasteiger charge is 2.39. The molecule has 0 spiro atoms. The Morgan fingerprint density at radius 2 is 1.85 bits per heavy atom. The lowest BCUT2D eigenvalue weighted by atomic mass is 9.88. The third-order valence-corrected chi connectivity index (χ3v) is 5.64. The molecule has 2 atom stereocenters. The first-order valence-electron chi connectivity index (χ1n) is 9.47. The van der Waals surface area contributed by atoms with Gasteiger partial charge in [0.05, 0.1) is 12.5 Å². The number of ketones is 1. The molecular formula is C20H25ClN2O4. The van der Waals surface area contributed by atoms with Crippen LogP contribution in [-0.4, -0.2) is 48.4 Å². The number of amides is 2. The summed E-state index contributed by atoms with van der Waals surface area (Å²) in [5.74, 6) is -0.404. The van der Waals surface area contributed by atoms with Gasteiger partial charge in [-0.3, -0.25) is 9.59 Å². The number of nitrogens with one attached hydrogen (secondary N) is 1. The summed E-state index contributed by atoms with van der Waals surface area (Å²) in [5.41, 5.74) is 0.975. The number of Topliss-reactive ketones (excluding diaryl/α,β-unsaturated/α-hetero) is 1. The molecule has 0 unspecified atom stereocenters. The molecule has 1 aromatic carbocycles. The van der Waals surface area contributed by atoms with Gasteiger partial charge in [-0.15, -0.1) is 0 Å². The number of carbonyl (C=O) groups is 3. The zero-order chi connectivity index (χ0) is 19.4. The molecule has 0 radical (unpaired) electrons. The molecule has 1 saturated carbocycles. The molecule has 1 aliphatic heterocycles. The average Bonchev–Trinajstić information content (AvgIpc) is 3.05. The molecule has 146 valence electrons. The van der Waals surface area contributed by atoms with Gasteiger partial charge in [-0.05, 0) is 37.5 Å². The summed E-state index contributed by atoms with van der Waals surface area (Å²) in [6.07, 6.45) is 1.75. The number of likely N-dealkylation sites (tertiary alicyclic amines) is 1. The van der Waals surface area contributed by atoms with Gasteiger partial charge < -0.3 is 15.0 Å². The summed E-state index contributed by atoms with van der Waals surface area (Å²) in [7, 11) is 0. The molecule has 0 aromatic heterocycles. The van der Waals surface area contributed by atoms with E-state index in [0.717, 1.165) is 5.56 Å². The molecule has 1 N–H and O–H groups in total. The van der Waals surface area contributed by atoms with E-state index in [1.54, 1.807) is 24.0 Å². The van der Waals surface area contributed by atoms with E-state index in [0.29, 0.717) is 44.0 Å². The standard InChI is InChI=1S/C20H25ClN2O4/c1-2-27-20(26)23-9-7-15(8-10-23)22-19(25)18-12-16(24)11-17(18)13-3-5-14(21)6-4-13/h3-6,15,17-18H,2,7-12H2,1H3,(H,22,25)/t17-,18+/m0/s1. The summed E-state index contributed by atoms with van der Waals surface area (Å²) in [6, 6.07) is 7.39. The van der Waals surface area contributed by atoms with Crippen molar-refractivity contribution in [2.24, 2.45) is 5.92 Å². The van der Waals surface area contributed by atoms with Crippen molar-refractivity contribution < 1.29 is 19.1 Å². The topological polar surface area (TPSA) is 75.7 Å². The van der Waals surface area contributed by atoms with E-state index in [2.05, 4.69) is 5.32 Å². The van der Waals surface area contributed by atoms with Crippen molar-refractivity contribution in [3.63, 3.8) is 0 Å². The SMILES string of the molecule is CCOC(=O)N1CCC(NC(=O)[C@@H]2CC(=O)C[C@H]2c2ccc(Cl)cc2)CC1. The summed E-state index contributed by atoms with van der Waals surface area (Å²) >= 11 is 5.95. The second kappa shape index (κ2) is 8.74. The Morgan fingerprint density at radius 3 is 2.48 bits per heavy atom. The summed E-state index contributed by atoms with van der Waals surface area (Å²) in [4.78, 5) is 38.3. The van der Waals surface area contributed by atoms with Crippen molar-refractivity contribution in [3.8, 4) is 0 Å². The predicted molar refractivity (Wildman–Crippen MR) is 102 cm³/mol. The van der Waals surface area contributed by atoms with Crippen molar-refractivity contribution in [2.75, 3.05) is 19.7 Å². The molecule has 2 fully saturated rings. The predicted octanol–water partition coefficient (Wildman–Crippen LogP) is 3.14. The second-order valence-electron chi connectivity index (χ2n) is 7.18. The zero-order valence-electron chi connectivity index (χ0n) is 15.4. The monoisotopic (exact) mass is 392 g/mol. The van der Waals surface area contributed by atoms with Gasteiger partial charge in [0.2, 0.25) is 5.91 Å². The van der Waals surface area contributed by atoms with Crippen molar-refractivity contribution in [2.45, 2.75) is 44.6 Å². The maximum atomic E-state index is 12.8. The molecule has 0 bridgehead atoms. The Morgan fingerprint density at radius 1 is 1.19 bits per heavy atom. The van der Waals surface area contributed by atoms with Gasteiger partial charge in [-0.1, -0.05) is 23.7 Å². The van der Waals surface area contributed by atoms with E-state index >= 15 is 0 Å². The number of nitrogens with zero attached hydrogens (tertiary/aromatic N) is 1. The van der Waals surface area contributed by atoms with Crippen LogP contribution in [0.25, 0.3) is 0 Å². The molecule has 7 heteroatoms. The first-order valence-corrected chi connectivity index (χ1v) is 9.85. The molecular weight excluding hydrogens is 368 g/mol. The van der Waals surface area contributed by atoms with Crippen molar-refractivity contribution in [1.82, 2.24) is 10.2 Å². The van der Waals surface area contributed by atoms with E-state index in [1.807, 2.05) is 12.1 Å². The normalized spacial score (nSPS) is 23.3. The minimum absolute atomic E-state index is 0.0183. The summed E-state index contributed by atoms with van der Waals surface area (Å²) < 4.78 is 5.01. The van der Waals surface area contributed by atoms with Crippen molar-refractivity contribution in [1.29, 1.82) is 0 Å². The van der Waals surface area contributed by atoms with E-state index in [1.165, 1.54) is 0 Å². The summed E-state index contributed by atoms with van der Waals surface area (Å²) in [5, 5.41) is 3.72. The van der Waals surface area contributed by atoms with Crippen molar-refractivity contribution in [3.05, 3.63) is 34.9 Å². The first-order chi connectivity index (χ1) is 13.0. The van der Waals surface area contributed by atoms with Gasteiger partial charge in [-0.25, -0.2) is 4.79 Å². The van der Waals surface area contributed by atoms with E-state index in [4.69, 9.17) is 16.3 Å². The number of ether oxygens (including phenoxy) is 1. The highest BCUT2D eigenvalue weighted by Crippen LogP contribution is 2.38. The smallest absolute Gasteiger partial charge is 0.409 e. The van der Waals surface area contributed by atoms with Crippen LogP contribution < -0.4 is 5.32 Å². The first kappa shape index (κ1) is 19.7. The van der Waals surface area contributed by atoms with Crippen LogP contribution in [0, 0.1) is 5.92 Å². The number of benzene rings is 1.